The van der Waals surface area contributed by atoms with Gasteiger partial charge in [-0.3, -0.25) is 5.32 Å². The molecule has 0 saturated carbocycles. The van der Waals surface area contributed by atoms with Crippen molar-refractivity contribution in [2.24, 2.45) is 0 Å². The Bertz CT molecular complexity index is 953. The molecule has 3 aromatic rings. The standard InChI is InChI=1S/C19H18N2O5/c1-2-10-24-18(23)20-14-8-9-16-15(11-14)17(22)26-19(21-16)25-12-13-6-4-3-5-7-13/h3-9,11H,2,10,12H2,1H3,(H,20,23). The molecule has 0 aliphatic carbocycles. The lowest BCUT2D eigenvalue weighted by Crippen LogP contribution is -2.14. The second kappa shape index (κ2) is 8.15. The van der Waals surface area contributed by atoms with Crippen molar-refractivity contribution < 1.29 is 18.7 Å². The summed E-state index contributed by atoms with van der Waals surface area (Å²) >= 11 is 0. The minimum Gasteiger partial charge on any atom is -0.449 e. The Kier molecular flexibility index (Phi) is 5.48. The molecule has 134 valence electrons. The second-order valence-corrected chi connectivity index (χ2v) is 5.53. The predicted octanol–water partition coefficient (Wildman–Crippen LogP) is 3.73. The molecule has 0 fully saturated rings. The molecule has 7 heteroatoms. The van der Waals surface area contributed by atoms with E-state index in [2.05, 4.69) is 10.3 Å². The minimum atomic E-state index is -0.594. The van der Waals surface area contributed by atoms with Gasteiger partial charge in [-0.1, -0.05) is 37.3 Å². The van der Waals surface area contributed by atoms with E-state index in [0.717, 1.165) is 12.0 Å². The van der Waals surface area contributed by atoms with E-state index in [1.54, 1.807) is 12.1 Å². The van der Waals surface area contributed by atoms with Crippen molar-refractivity contribution in [2.75, 3.05) is 11.9 Å². The summed E-state index contributed by atoms with van der Waals surface area (Å²) < 4.78 is 15.5. The van der Waals surface area contributed by atoms with Crippen LogP contribution in [0.25, 0.3) is 10.9 Å². The maximum atomic E-state index is 12.2. The molecule has 1 amide bonds. The van der Waals surface area contributed by atoms with Crippen LogP contribution in [0.1, 0.15) is 18.9 Å². The molecule has 7 nitrogen and oxygen atoms in total. The number of hydrogen-bond acceptors (Lipinski definition) is 6. The molecule has 1 heterocycles. The van der Waals surface area contributed by atoms with Gasteiger partial charge < -0.3 is 13.9 Å². The van der Waals surface area contributed by atoms with Gasteiger partial charge in [0.1, 0.15) is 6.61 Å². The van der Waals surface area contributed by atoms with Crippen LogP contribution < -0.4 is 15.7 Å². The molecule has 3 rings (SSSR count). The average molecular weight is 354 g/mol. The van der Waals surface area contributed by atoms with Crippen LogP contribution in [0.15, 0.2) is 57.7 Å². The van der Waals surface area contributed by atoms with Crippen LogP contribution in [0, 0.1) is 0 Å². The van der Waals surface area contributed by atoms with E-state index >= 15 is 0 Å². The summed E-state index contributed by atoms with van der Waals surface area (Å²) in [7, 11) is 0. The molecule has 0 spiro atoms. The van der Waals surface area contributed by atoms with Crippen molar-refractivity contribution in [3.63, 3.8) is 0 Å². The molecule has 0 radical (unpaired) electrons. The van der Waals surface area contributed by atoms with Crippen molar-refractivity contribution in [3.05, 3.63) is 64.5 Å². The Morgan fingerprint density at radius 2 is 2.00 bits per heavy atom. The Labute approximate surface area is 149 Å². The molecular formula is C19H18N2O5. The van der Waals surface area contributed by atoms with Gasteiger partial charge in [0.05, 0.1) is 17.5 Å². The highest BCUT2D eigenvalue weighted by Gasteiger charge is 2.10. The maximum absolute atomic E-state index is 12.2. The molecule has 1 N–H and O–H groups in total. The number of aromatic nitrogens is 1. The number of nitrogens with zero attached hydrogens (tertiary/aromatic N) is 1. The quantitative estimate of drug-likeness (QED) is 0.725. The normalized spacial score (nSPS) is 10.5. The molecular weight excluding hydrogens is 336 g/mol. The number of rotatable bonds is 6. The molecule has 26 heavy (non-hydrogen) atoms. The molecule has 0 aliphatic heterocycles. The minimum absolute atomic E-state index is 0.102. The number of carbonyl (C=O) groups is 1. The van der Waals surface area contributed by atoms with E-state index in [-0.39, 0.29) is 18.1 Å². The van der Waals surface area contributed by atoms with Crippen LogP contribution in [0.2, 0.25) is 0 Å². The Hall–Kier alpha value is -3.35. The van der Waals surface area contributed by atoms with Crippen LogP contribution in [0.5, 0.6) is 6.08 Å². The van der Waals surface area contributed by atoms with Gasteiger partial charge in [-0.05, 0) is 30.2 Å². The third kappa shape index (κ3) is 4.38. The molecule has 1 aromatic heterocycles. The van der Waals surface area contributed by atoms with Crippen molar-refractivity contribution in [1.29, 1.82) is 0 Å². The van der Waals surface area contributed by atoms with E-state index in [9.17, 15) is 9.59 Å². The maximum Gasteiger partial charge on any atom is 0.411 e. The van der Waals surface area contributed by atoms with Crippen molar-refractivity contribution in [3.8, 4) is 6.08 Å². The highest BCUT2D eigenvalue weighted by Crippen LogP contribution is 2.18. The van der Waals surface area contributed by atoms with Crippen LogP contribution >= 0.6 is 0 Å². The number of ether oxygens (including phenoxy) is 2. The number of carbonyl (C=O) groups excluding carboxylic acids is 1. The van der Waals surface area contributed by atoms with Crippen molar-refractivity contribution in [2.45, 2.75) is 20.0 Å². The van der Waals surface area contributed by atoms with Crippen molar-refractivity contribution in [1.82, 2.24) is 4.98 Å². The number of amides is 1. The van der Waals surface area contributed by atoms with E-state index < -0.39 is 11.7 Å². The first-order valence-electron chi connectivity index (χ1n) is 8.21. The zero-order valence-electron chi connectivity index (χ0n) is 14.2. The lowest BCUT2D eigenvalue weighted by molar-refractivity contribution is 0.161. The summed E-state index contributed by atoms with van der Waals surface area (Å²) in [5, 5.41) is 2.80. The topological polar surface area (TPSA) is 90.7 Å². The van der Waals surface area contributed by atoms with E-state index in [1.165, 1.54) is 6.07 Å². The smallest absolute Gasteiger partial charge is 0.411 e. The summed E-state index contributed by atoms with van der Waals surface area (Å²) in [6, 6.07) is 14.2. The summed E-state index contributed by atoms with van der Waals surface area (Å²) in [5.74, 6) is 0. The van der Waals surface area contributed by atoms with Gasteiger partial charge in [-0.2, -0.15) is 4.98 Å². The summed E-state index contributed by atoms with van der Waals surface area (Å²) in [5.41, 5.74) is 1.17. The van der Waals surface area contributed by atoms with Gasteiger partial charge in [0, 0.05) is 5.69 Å². The molecule has 0 saturated heterocycles. The first-order chi connectivity index (χ1) is 12.7. The summed E-state index contributed by atoms with van der Waals surface area (Å²) in [6.07, 6.45) is 0.0468. The highest BCUT2D eigenvalue weighted by molar-refractivity contribution is 5.89. The fourth-order valence-corrected chi connectivity index (χ4v) is 2.26. The third-order valence-electron chi connectivity index (χ3n) is 3.50. The van der Waals surface area contributed by atoms with Gasteiger partial charge >= 0.3 is 17.8 Å². The van der Waals surface area contributed by atoms with Crippen molar-refractivity contribution >= 4 is 22.7 Å². The zero-order chi connectivity index (χ0) is 18.4. The Morgan fingerprint density at radius 3 is 2.77 bits per heavy atom. The molecule has 0 bridgehead atoms. The molecule has 0 aliphatic rings. The van der Waals surface area contributed by atoms with Gasteiger partial charge in [0.15, 0.2) is 0 Å². The monoisotopic (exact) mass is 354 g/mol. The average Bonchev–Trinajstić information content (AvgIpc) is 2.66. The van der Waals surface area contributed by atoms with Gasteiger partial charge in [-0.15, -0.1) is 0 Å². The summed E-state index contributed by atoms with van der Waals surface area (Å²) in [6.45, 7) is 2.47. The van der Waals surface area contributed by atoms with E-state index in [0.29, 0.717) is 17.8 Å². The van der Waals surface area contributed by atoms with Crippen LogP contribution in [0.4, 0.5) is 10.5 Å². The van der Waals surface area contributed by atoms with Gasteiger partial charge in [0.25, 0.3) is 0 Å². The number of benzene rings is 2. The largest absolute Gasteiger partial charge is 0.449 e. The fourth-order valence-electron chi connectivity index (χ4n) is 2.26. The first-order valence-corrected chi connectivity index (χ1v) is 8.21. The predicted molar refractivity (Wildman–Crippen MR) is 96.3 cm³/mol. The number of nitrogens with one attached hydrogen (secondary N) is 1. The first kappa shape index (κ1) is 17.5. The van der Waals surface area contributed by atoms with Crippen LogP contribution in [-0.4, -0.2) is 17.7 Å². The summed E-state index contributed by atoms with van der Waals surface area (Å²) in [4.78, 5) is 28.0. The van der Waals surface area contributed by atoms with Gasteiger partial charge in [0.2, 0.25) is 0 Å². The highest BCUT2D eigenvalue weighted by atomic mass is 16.6. The number of anilines is 1. The molecule has 0 atom stereocenters. The SMILES string of the molecule is CCCOC(=O)Nc1ccc2nc(OCc3ccccc3)oc(=O)c2c1. The Morgan fingerprint density at radius 1 is 1.19 bits per heavy atom. The van der Waals surface area contributed by atoms with Gasteiger partial charge in [-0.25, -0.2) is 9.59 Å². The molecule has 2 aromatic carbocycles. The molecule has 0 unspecified atom stereocenters. The lowest BCUT2D eigenvalue weighted by Gasteiger charge is -2.07. The lowest BCUT2D eigenvalue weighted by atomic mass is 10.2. The van der Waals surface area contributed by atoms with Crippen LogP contribution in [0.3, 0.4) is 0 Å². The van der Waals surface area contributed by atoms with E-state index in [4.69, 9.17) is 13.9 Å². The third-order valence-corrected chi connectivity index (χ3v) is 3.50. The second-order valence-electron chi connectivity index (χ2n) is 5.53. The fraction of sp³-hybridized carbons (Fsp3) is 0.211. The number of hydrogen-bond donors (Lipinski definition) is 1. The zero-order valence-corrected chi connectivity index (χ0v) is 14.2. The van der Waals surface area contributed by atoms with Crippen LogP contribution in [-0.2, 0) is 11.3 Å². The Balaban J connectivity index is 1.76. The van der Waals surface area contributed by atoms with E-state index in [1.807, 2.05) is 37.3 Å². The number of fused-ring (bicyclic) bond motifs is 1.